The Labute approximate surface area is 128 Å². The van der Waals surface area contributed by atoms with Crippen LogP contribution in [0.1, 0.15) is 19.4 Å². The van der Waals surface area contributed by atoms with E-state index in [9.17, 15) is 0 Å². The number of aryl methyl sites for hydroxylation is 1. The molecule has 0 aliphatic carbocycles. The van der Waals surface area contributed by atoms with Crippen molar-refractivity contribution >= 4 is 26.7 Å². The monoisotopic (exact) mass is 327 g/mol. The van der Waals surface area contributed by atoms with Gasteiger partial charge in [0.15, 0.2) is 0 Å². The van der Waals surface area contributed by atoms with E-state index >= 15 is 0 Å². The zero-order chi connectivity index (χ0) is 14.5. The molecular weight excluding hydrogens is 310 g/mol. The fourth-order valence-corrected chi connectivity index (χ4v) is 2.71. The Morgan fingerprint density at radius 2 is 1.55 bits per heavy atom. The van der Waals surface area contributed by atoms with Gasteiger partial charge in [0, 0.05) is 21.6 Å². The van der Waals surface area contributed by atoms with E-state index in [4.69, 9.17) is 0 Å². The zero-order valence-electron chi connectivity index (χ0n) is 12.0. The van der Waals surface area contributed by atoms with E-state index < -0.39 is 0 Å². The van der Waals surface area contributed by atoms with E-state index in [1.54, 1.807) is 0 Å². The molecule has 102 valence electrons. The Balaban J connectivity index is 0.000000704. The van der Waals surface area contributed by atoms with Crippen LogP contribution in [0.3, 0.4) is 0 Å². The summed E-state index contributed by atoms with van der Waals surface area (Å²) in [5.41, 5.74) is 3.40. The van der Waals surface area contributed by atoms with Crippen molar-refractivity contribution in [2.75, 3.05) is 0 Å². The molecule has 0 atom stereocenters. The van der Waals surface area contributed by atoms with E-state index in [0.717, 1.165) is 15.7 Å². The van der Waals surface area contributed by atoms with Crippen molar-refractivity contribution in [1.29, 1.82) is 0 Å². The lowest BCUT2D eigenvalue weighted by molar-refractivity contribution is 1.30. The van der Waals surface area contributed by atoms with Crippen molar-refractivity contribution in [2.24, 2.45) is 0 Å². The van der Waals surface area contributed by atoms with E-state index in [1.807, 2.05) is 44.3 Å². The van der Waals surface area contributed by atoms with Gasteiger partial charge in [0.1, 0.15) is 0 Å². The van der Waals surface area contributed by atoms with E-state index in [-0.39, 0.29) is 0 Å². The minimum Gasteiger partial charge on any atom is -0.255 e. The quantitative estimate of drug-likeness (QED) is 0.534. The molecule has 0 bridgehead atoms. The maximum atomic E-state index is 4.61. The smallest absolute Gasteiger partial charge is 0.0748 e. The number of nitrogens with zero attached hydrogens (tertiary/aromatic N) is 1. The Bertz CT molecular complexity index is 719. The van der Waals surface area contributed by atoms with Crippen LogP contribution in [-0.2, 0) is 0 Å². The third-order valence-electron chi connectivity index (χ3n) is 3.18. The molecule has 0 radical (unpaired) electrons. The molecule has 0 amide bonds. The molecule has 1 nitrogen and oxygen atoms in total. The SMILES string of the molecule is CC.Cc1c(-c2ccccc2Br)ncc2ccccc12. The summed E-state index contributed by atoms with van der Waals surface area (Å²) in [5.74, 6) is 0. The highest BCUT2D eigenvalue weighted by Gasteiger charge is 2.09. The van der Waals surface area contributed by atoms with Gasteiger partial charge in [-0.1, -0.05) is 72.2 Å². The molecule has 0 aliphatic rings. The molecule has 3 aromatic rings. The first kappa shape index (κ1) is 14.7. The van der Waals surface area contributed by atoms with Crippen molar-refractivity contribution in [2.45, 2.75) is 20.8 Å². The number of aromatic nitrogens is 1. The van der Waals surface area contributed by atoms with Gasteiger partial charge in [-0.3, -0.25) is 4.98 Å². The molecule has 0 spiro atoms. The van der Waals surface area contributed by atoms with E-state index in [0.29, 0.717) is 0 Å². The number of fused-ring (bicyclic) bond motifs is 1. The van der Waals surface area contributed by atoms with Crippen LogP contribution in [0.5, 0.6) is 0 Å². The number of hydrogen-bond acceptors (Lipinski definition) is 1. The normalized spacial score (nSPS) is 10.0. The average molecular weight is 328 g/mol. The topological polar surface area (TPSA) is 12.9 Å². The molecule has 1 heterocycles. The largest absolute Gasteiger partial charge is 0.255 e. The second kappa shape index (κ2) is 6.67. The van der Waals surface area contributed by atoms with Crippen LogP contribution in [0.2, 0.25) is 0 Å². The lowest BCUT2D eigenvalue weighted by Crippen LogP contribution is -1.90. The molecule has 3 rings (SSSR count). The fourth-order valence-electron chi connectivity index (χ4n) is 2.23. The first-order valence-corrected chi connectivity index (χ1v) is 7.66. The van der Waals surface area contributed by atoms with Crippen LogP contribution in [0.15, 0.2) is 59.2 Å². The van der Waals surface area contributed by atoms with Gasteiger partial charge < -0.3 is 0 Å². The molecule has 0 fully saturated rings. The lowest BCUT2D eigenvalue weighted by atomic mass is 10.0. The fraction of sp³-hybridized carbons (Fsp3) is 0.167. The van der Waals surface area contributed by atoms with Crippen LogP contribution >= 0.6 is 15.9 Å². The Morgan fingerprint density at radius 3 is 2.30 bits per heavy atom. The zero-order valence-corrected chi connectivity index (χ0v) is 13.6. The van der Waals surface area contributed by atoms with Gasteiger partial charge in [0.25, 0.3) is 0 Å². The van der Waals surface area contributed by atoms with Crippen LogP contribution in [0.25, 0.3) is 22.0 Å². The number of halogens is 1. The summed E-state index contributed by atoms with van der Waals surface area (Å²) in [7, 11) is 0. The van der Waals surface area contributed by atoms with Gasteiger partial charge in [0.05, 0.1) is 5.69 Å². The van der Waals surface area contributed by atoms with Gasteiger partial charge in [0.2, 0.25) is 0 Å². The van der Waals surface area contributed by atoms with Gasteiger partial charge in [-0.25, -0.2) is 0 Å². The molecule has 0 N–H and O–H groups in total. The van der Waals surface area contributed by atoms with Gasteiger partial charge >= 0.3 is 0 Å². The van der Waals surface area contributed by atoms with E-state index in [2.05, 4.69) is 52.1 Å². The molecule has 1 aromatic heterocycles. The minimum atomic E-state index is 1.04. The predicted octanol–water partition coefficient (Wildman–Crippen LogP) is 6.00. The van der Waals surface area contributed by atoms with Crippen molar-refractivity contribution in [3.8, 4) is 11.3 Å². The number of pyridine rings is 1. The second-order valence-electron chi connectivity index (χ2n) is 4.30. The van der Waals surface area contributed by atoms with Crippen molar-refractivity contribution in [3.63, 3.8) is 0 Å². The van der Waals surface area contributed by atoms with Crippen LogP contribution in [0.4, 0.5) is 0 Å². The molecular formula is C18H18BrN. The first-order chi connectivity index (χ1) is 9.77. The molecule has 0 saturated carbocycles. The highest BCUT2D eigenvalue weighted by atomic mass is 79.9. The summed E-state index contributed by atoms with van der Waals surface area (Å²) in [4.78, 5) is 4.61. The molecule has 2 heteroatoms. The molecule has 0 aliphatic heterocycles. The summed E-state index contributed by atoms with van der Waals surface area (Å²) < 4.78 is 1.08. The number of rotatable bonds is 1. The molecule has 0 saturated heterocycles. The summed E-state index contributed by atoms with van der Waals surface area (Å²) in [6, 6.07) is 16.5. The lowest BCUT2D eigenvalue weighted by Gasteiger charge is -2.10. The van der Waals surface area contributed by atoms with E-state index in [1.165, 1.54) is 16.3 Å². The molecule has 20 heavy (non-hydrogen) atoms. The van der Waals surface area contributed by atoms with Crippen LogP contribution in [0, 0.1) is 6.92 Å². The predicted molar refractivity (Wildman–Crippen MR) is 91.0 cm³/mol. The standard InChI is InChI=1S/C16H12BrN.C2H6/c1-11-13-7-3-2-6-12(13)10-18-16(11)14-8-4-5-9-15(14)17;1-2/h2-10H,1H3;1-2H3. The van der Waals surface area contributed by atoms with Crippen LogP contribution in [-0.4, -0.2) is 4.98 Å². The van der Waals surface area contributed by atoms with Crippen LogP contribution < -0.4 is 0 Å². The van der Waals surface area contributed by atoms with Gasteiger partial charge in [-0.05, 0) is 23.9 Å². The number of benzene rings is 2. The maximum Gasteiger partial charge on any atom is 0.0748 e. The number of hydrogen-bond donors (Lipinski definition) is 0. The highest BCUT2D eigenvalue weighted by molar-refractivity contribution is 9.10. The second-order valence-corrected chi connectivity index (χ2v) is 5.15. The summed E-state index contributed by atoms with van der Waals surface area (Å²) in [6.45, 7) is 6.13. The van der Waals surface area contributed by atoms with Crippen molar-refractivity contribution in [1.82, 2.24) is 4.98 Å². The van der Waals surface area contributed by atoms with Gasteiger partial charge in [-0.2, -0.15) is 0 Å². The third kappa shape index (κ3) is 2.75. The molecule has 0 unspecified atom stereocenters. The summed E-state index contributed by atoms with van der Waals surface area (Å²) in [6.07, 6.45) is 1.94. The Morgan fingerprint density at radius 1 is 0.900 bits per heavy atom. The maximum absolute atomic E-state index is 4.61. The minimum absolute atomic E-state index is 1.04. The molecule has 2 aromatic carbocycles. The first-order valence-electron chi connectivity index (χ1n) is 6.86. The third-order valence-corrected chi connectivity index (χ3v) is 3.87. The average Bonchev–Trinajstić information content (AvgIpc) is 2.51. The highest BCUT2D eigenvalue weighted by Crippen LogP contribution is 2.31. The summed E-state index contributed by atoms with van der Waals surface area (Å²) in [5, 5.41) is 2.45. The van der Waals surface area contributed by atoms with Crippen molar-refractivity contribution < 1.29 is 0 Å². The van der Waals surface area contributed by atoms with Gasteiger partial charge in [-0.15, -0.1) is 0 Å². The summed E-state index contributed by atoms with van der Waals surface area (Å²) >= 11 is 3.59. The Hall–Kier alpha value is -1.67. The van der Waals surface area contributed by atoms with Crippen molar-refractivity contribution in [3.05, 3.63) is 64.8 Å². The Kier molecular flexibility index (Phi) is 4.91.